The van der Waals surface area contributed by atoms with Gasteiger partial charge in [-0.25, -0.2) is 4.79 Å². The minimum absolute atomic E-state index is 0.265. The van der Waals surface area contributed by atoms with Gasteiger partial charge in [0.15, 0.2) is 6.17 Å². The number of thiophene rings is 1. The summed E-state index contributed by atoms with van der Waals surface area (Å²) in [7, 11) is 1.28. The third kappa shape index (κ3) is 4.44. The molecule has 0 unspecified atom stereocenters. The van der Waals surface area contributed by atoms with Crippen molar-refractivity contribution in [3.63, 3.8) is 0 Å². The van der Waals surface area contributed by atoms with Crippen LogP contribution in [0.1, 0.15) is 30.4 Å². The molecule has 0 radical (unpaired) electrons. The van der Waals surface area contributed by atoms with E-state index in [4.69, 9.17) is 4.74 Å². The lowest BCUT2D eigenvalue weighted by Gasteiger charge is -2.21. The molecule has 1 atom stereocenters. The van der Waals surface area contributed by atoms with E-state index in [1.807, 2.05) is 0 Å². The number of ether oxygens (including phenoxy) is 1. The van der Waals surface area contributed by atoms with Crippen LogP contribution in [-0.2, 0) is 4.74 Å². The van der Waals surface area contributed by atoms with Crippen LogP contribution in [-0.4, -0.2) is 30.9 Å². The van der Waals surface area contributed by atoms with Crippen LogP contribution in [0.5, 0.6) is 0 Å². The summed E-state index contributed by atoms with van der Waals surface area (Å²) in [5, 5.41) is 7.47. The van der Waals surface area contributed by atoms with Gasteiger partial charge in [0.1, 0.15) is 0 Å². The molecule has 2 aromatic carbocycles. The zero-order valence-electron chi connectivity index (χ0n) is 15.0. The molecule has 0 spiro atoms. The highest BCUT2D eigenvalue weighted by molar-refractivity contribution is 7.12. The van der Waals surface area contributed by atoms with Gasteiger partial charge in [0.2, 0.25) is 5.78 Å². The van der Waals surface area contributed by atoms with E-state index < -0.39 is 12.1 Å². The number of rotatable bonds is 7. The highest BCUT2D eigenvalue weighted by atomic mass is 32.1. The molecule has 28 heavy (non-hydrogen) atoms. The summed E-state index contributed by atoms with van der Waals surface area (Å²) < 4.78 is 4.79. The van der Waals surface area contributed by atoms with Crippen LogP contribution >= 0.6 is 11.3 Å². The second kappa shape index (κ2) is 8.96. The summed E-state index contributed by atoms with van der Waals surface area (Å²) in [6.07, 6.45) is -1.07. The molecule has 6 nitrogen and oxygen atoms in total. The van der Waals surface area contributed by atoms with Crippen molar-refractivity contribution in [2.45, 2.75) is 6.17 Å². The SMILES string of the molecule is COC(=O)c1ccccc1N[C@@H](NC(=O)c1cccs1)C(=O)c1ccccc1. The van der Waals surface area contributed by atoms with E-state index in [2.05, 4.69) is 10.6 Å². The van der Waals surface area contributed by atoms with Gasteiger partial charge in [0, 0.05) is 5.56 Å². The molecule has 7 heteroatoms. The Kier molecular flexibility index (Phi) is 6.18. The zero-order chi connectivity index (χ0) is 19.9. The predicted octanol–water partition coefficient (Wildman–Crippen LogP) is 3.59. The lowest BCUT2D eigenvalue weighted by Crippen LogP contribution is -2.46. The Balaban J connectivity index is 1.91. The quantitative estimate of drug-likeness (QED) is 0.363. The second-order valence-corrected chi connectivity index (χ2v) is 6.74. The first-order valence-corrected chi connectivity index (χ1v) is 9.35. The van der Waals surface area contributed by atoms with Crippen LogP contribution in [0.15, 0.2) is 72.1 Å². The zero-order valence-corrected chi connectivity index (χ0v) is 15.9. The van der Waals surface area contributed by atoms with Crippen molar-refractivity contribution in [3.8, 4) is 0 Å². The fraction of sp³-hybridized carbons (Fsp3) is 0.0952. The third-order valence-electron chi connectivity index (χ3n) is 3.97. The maximum absolute atomic E-state index is 13.0. The highest BCUT2D eigenvalue weighted by Gasteiger charge is 2.24. The molecule has 0 aliphatic heterocycles. The molecule has 2 N–H and O–H groups in total. The Morgan fingerprint density at radius 3 is 2.32 bits per heavy atom. The molecule has 3 aromatic rings. The molecule has 0 aliphatic rings. The summed E-state index contributed by atoms with van der Waals surface area (Å²) in [6, 6.07) is 18.7. The minimum Gasteiger partial charge on any atom is -0.465 e. The minimum atomic E-state index is -1.07. The Morgan fingerprint density at radius 2 is 1.64 bits per heavy atom. The molecule has 142 valence electrons. The number of carbonyl (C=O) groups is 3. The molecule has 1 aromatic heterocycles. The van der Waals surface area contributed by atoms with Gasteiger partial charge < -0.3 is 15.4 Å². The van der Waals surface area contributed by atoms with Crippen molar-refractivity contribution in [2.75, 3.05) is 12.4 Å². The average molecular weight is 394 g/mol. The molecule has 1 amide bonds. The van der Waals surface area contributed by atoms with Gasteiger partial charge in [-0.1, -0.05) is 48.5 Å². The van der Waals surface area contributed by atoms with Crippen LogP contribution in [0.4, 0.5) is 5.69 Å². The number of para-hydroxylation sites is 1. The Labute approximate surface area is 166 Å². The molecule has 0 bridgehead atoms. The largest absolute Gasteiger partial charge is 0.465 e. The summed E-state index contributed by atoms with van der Waals surface area (Å²) >= 11 is 1.27. The number of hydrogen-bond acceptors (Lipinski definition) is 6. The number of carbonyl (C=O) groups excluding carboxylic acids is 3. The van der Waals surface area contributed by atoms with E-state index in [0.29, 0.717) is 16.1 Å². The van der Waals surface area contributed by atoms with Crippen LogP contribution in [0.2, 0.25) is 0 Å². The molecular formula is C21H18N2O4S. The summed E-state index contributed by atoms with van der Waals surface area (Å²) in [5.74, 6) is -1.25. The number of ketones is 1. The molecule has 0 fully saturated rings. The van der Waals surface area contributed by atoms with Crippen LogP contribution in [0.3, 0.4) is 0 Å². The molecule has 0 saturated carbocycles. The first-order valence-electron chi connectivity index (χ1n) is 8.47. The number of esters is 1. The smallest absolute Gasteiger partial charge is 0.339 e. The van der Waals surface area contributed by atoms with Crippen molar-refractivity contribution in [3.05, 3.63) is 88.1 Å². The van der Waals surface area contributed by atoms with E-state index in [0.717, 1.165) is 0 Å². The van der Waals surface area contributed by atoms with Gasteiger partial charge in [-0.15, -0.1) is 11.3 Å². The third-order valence-corrected chi connectivity index (χ3v) is 4.84. The molecule has 0 aliphatic carbocycles. The molecule has 0 saturated heterocycles. The average Bonchev–Trinajstić information content (AvgIpc) is 3.28. The first-order chi connectivity index (χ1) is 13.6. The van der Waals surface area contributed by atoms with Crippen molar-refractivity contribution in [2.24, 2.45) is 0 Å². The Hall–Kier alpha value is -3.45. The van der Waals surface area contributed by atoms with Gasteiger partial charge >= 0.3 is 5.97 Å². The van der Waals surface area contributed by atoms with E-state index >= 15 is 0 Å². The van der Waals surface area contributed by atoms with Crippen LogP contribution in [0, 0.1) is 0 Å². The number of benzene rings is 2. The fourth-order valence-corrected chi connectivity index (χ4v) is 3.23. The highest BCUT2D eigenvalue weighted by Crippen LogP contribution is 2.18. The topological polar surface area (TPSA) is 84.5 Å². The predicted molar refractivity (Wildman–Crippen MR) is 108 cm³/mol. The maximum atomic E-state index is 13.0. The second-order valence-electron chi connectivity index (χ2n) is 5.80. The lowest BCUT2D eigenvalue weighted by molar-refractivity contribution is 0.0601. The lowest BCUT2D eigenvalue weighted by atomic mass is 10.1. The first kappa shape index (κ1) is 19.3. The Bertz CT molecular complexity index is 971. The molecule has 3 rings (SSSR count). The number of amides is 1. The summed E-state index contributed by atoms with van der Waals surface area (Å²) in [5.41, 5.74) is 1.08. The van der Waals surface area contributed by atoms with E-state index in [-0.39, 0.29) is 17.3 Å². The van der Waals surface area contributed by atoms with Gasteiger partial charge in [0.25, 0.3) is 5.91 Å². The van der Waals surface area contributed by atoms with Gasteiger partial charge in [-0.3, -0.25) is 9.59 Å². The maximum Gasteiger partial charge on any atom is 0.339 e. The Morgan fingerprint density at radius 1 is 0.929 bits per heavy atom. The van der Waals surface area contributed by atoms with E-state index in [1.165, 1.54) is 18.4 Å². The number of methoxy groups -OCH3 is 1. The van der Waals surface area contributed by atoms with Crippen molar-refractivity contribution in [1.82, 2.24) is 5.32 Å². The van der Waals surface area contributed by atoms with E-state index in [9.17, 15) is 14.4 Å². The van der Waals surface area contributed by atoms with Crippen LogP contribution in [0.25, 0.3) is 0 Å². The standard InChI is InChI=1S/C21H18N2O4S/c1-27-21(26)15-10-5-6-11-16(15)22-19(18(24)14-8-3-2-4-9-14)23-20(25)17-12-7-13-28-17/h2-13,19,22H,1H3,(H,23,25)/t19-/m0/s1. The summed E-state index contributed by atoms with van der Waals surface area (Å²) in [4.78, 5) is 38.1. The molecular weight excluding hydrogens is 376 g/mol. The van der Waals surface area contributed by atoms with Gasteiger partial charge in [-0.05, 0) is 23.6 Å². The normalized spacial score (nSPS) is 11.3. The summed E-state index contributed by atoms with van der Waals surface area (Å²) in [6.45, 7) is 0. The monoisotopic (exact) mass is 394 g/mol. The number of nitrogens with one attached hydrogen (secondary N) is 2. The van der Waals surface area contributed by atoms with Gasteiger partial charge in [0.05, 0.1) is 23.2 Å². The van der Waals surface area contributed by atoms with E-state index in [1.54, 1.807) is 72.1 Å². The number of Topliss-reactive ketones (excluding diaryl/α,β-unsaturated/α-hetero) is 1. The fourth-order valence-electron chi connectivity index (χ4n) is 2.60. The van der Waals surface area contributed by atoms with Crippen LogP contribution < -0.4 is 10.6 Å². The molecule has 1 heterocycles. The van der Waals surface area contributed by atoms with Crippen molar-refractivity contribution < 1.29 is 19.1 Å². The number of anilines is 1. The van der Waals surface area contributed by atoms with Crippen molar-refractivity contribution in [1.29, 1.82) is 0 Å². The van der Waals surface area contributed by atoms with Gasteiger partial charge in [-0.2, -0.15) is 0 Å². The number of hydrogen-bond donors (Lipinski definition) is 2. The van der Waals surface area contributed by atoms with Crippen molar-refractivity contribution >= 4 is 34.7 Å².